The van der Waals surface area contributed by atoms with Gasteiger partial charge in [0.05, 0.1) is 13.3 Å². The largest absolute Gasteiger partial charge is 0.468 e. The van der Waals surface area contributed by atoms with Gasteiger partial charge < -0.3 is 10.5 Å². The Bertz CT molecular complexity index is 619. The summed E-state index contributed by atoms with van der Waals surface area (Å²) in [4.78, 5) is 12.4. The number of ether oxygens (including phenoxy) is 1. The van der Waals surface area contributed by atoms with Crippen LogP contribution in [0, 0.1) is 6.92 Å². The molecule has 5 nitrogen and oxygen atoms in total. The molecule has 1 heterocycles. The van der Waals surface area contributed by atoms with Crippen molar-refractivity contribution in [3.05, 3.63) is 53.3 Å². The lowest BCUT2D eigenvalue weighted by Crippen LogP contribution is -2.45. The van der Waals surface area contributed by atoms with Crippen LogP contribution in [0.3, 0.4) is 0 Å². The molecule has 112 valence electrons. The molecule has 2 aromatic rings. The molecule has 0 aliphatic heterocycles. The number of aryl methyl sites for hydroxylation is 2. The van der Waals surface area contributed by atoms with Crippen LogP contribution < -0.4 is 5.73 Å². The van der Waals surface area contributed by atoms with Crippen LogP contribution in [0.25, 0.3) is 0 Å². The van der Waals surface area contributed by atoms with Crippen molar-refractivity contribution in [1.82, 2.24) is 9.78 Å². The second-order valence-corrected chi connectivity index (χ2v) is 5.34. The number of benzene rings is 1. The van der Waals surface area contributed by atoms with E-state index in [1.54, 1.807) is 10.9 Å². The highest BCUT2D eigenvalue weighted by Gasteiger charge is 2.40. The maximum Gasteiger partial charge on any atom is 0.317 e. The molecule has 21 heavy (non-hydrogen) atoms. The van der Waals surface area contributed by atoms with Gasteiger partial charge in [0, 0.05) is 19.8 Å². The molecule has 0 saturated carbocycles. The van der Waals surface area contributed by atoms with Crippen molar-refractivity contribution < 1.29 is 9.53 Å². The average molecular weight is 287 g/mol. The Morgan fingerprint density at radius 1 is 1.38 bits per heavy atom. The topological polar surface area (TPSA) is 70.1 Å². The SMILES string of the molecule is COC(=O)C(CN)(Cc1cnn(C)c1)c1ccc(C)cc1. The van der Waals surface area contributed by atoms with Crippen LogP contribution in [0.15, 0.2) is 36.7 Å². The second kappa shape index (κ2) is 6.10. The van der Waals surface area contributed by atoms with E-state index in [0.717, 1.165) is 16.7 Å². The van der Waals surface area contributed by atoms with Crippen LogP contribution in [0.5, 0.6) is 0 Å². The smallest absolute Gasteiger partial charge is 0.317 e. The summed E-state index contributed by atoms with van der Waals surface area (Å²) < 4.78 is 6.74. The third-order valence-electron chi connectivity index (χ3n) is 3.79. The lowest BCUT2D eigenvalue weighted by atomic mass is 9.75. The summed E-state index contributed by atoms with van der Waals surface area (Å²) in [5.74, 6) is -0.322. The summed E-state index contributed by atoms with van der Waals surface area (Å²) in [7, 11) is 3.24. The lowest BCUT2D eigenvalue weighted by molar-refractivity contribution is -0.147. The van der Waals surface area contributed by atoms with Gasteiger partial charge in [0.2, 0.25) is 0 Å². The van der Waals surface area contributed by atoms with E-state index in [0.29, 0.717) is 6.42 Å². The third-order valence-corrected chi connectivity index (χ3v) is 3.79. The fourth-order valence-electron chi connectivity index (χ4n) is 2.55. The zero-order valence-electron chi connectivity index (χ0n) is 12.7. The predicted octanol–water partition coefficient (Wildman–Crippen LogP) is 1.34. The van der Waals surface area contributed by atoms with E-state index in [4.69, 9.17) is 10.5 Å². The van der Waals surface area contributed by atoms with Crippen molar-refractivity contribution >= 4 is 5.97 Å². The van der Waals surface area contributed by atoms with Crippen molar-refractivity contribution in [3.8, 4) is 0 Å². The summed E-state index contributed by atoms with van der Waals surface area (Å²) in [6, 6.07) is 7.84. The van der Waals surface area contributed by atoms with E-state index in [9.17, 15) is 4.79 Å². The number of nitrogens with zero attached hydrogens (tertiary/aromatic N) is 2. The maximum absolute atomic E-state index is 12.4. The second-order valence-electron chi connectivity index (χ2n) is 5.34. The van der Waals surface area contributed by atoms with Gasteiger partial charge >= 0.3 is 5.97 Å². The average Bonchev–Trinajstić information content (AvgIpc) is 2.90. The summed E-state index contributed by atoms with van der Waals surface area (Å²) in [5, 5.41) is 4.15. The van der Waals surface area contributed by atoms with Gasteiger partial charge in [-0.3, -0.25) is 9.48 Å². The molecular weight excluding hydrogens is 266 g/mol. The molecule has 0 radical (unpaired) electrons. The molecule has 0 aliphatic rings. The van der Waals surface area contributed by atoms with Crippen LogP contribution in [0.4, 0.5) is 0 Å². The van der Waals surface area contributed by atoms with Gasteiger partial charge in [0.25, 0.3) is 0 Å². The standard InChI is InChI=1S/C16H21N3O2/c1-12-4-6-14(7-5-12)16(11-17,15(20)21-3)8-13-9-18-19(2)10-13/h4-7,9-10H,8,11,17H2,1-3H3. The molecule has 0 aliphatic carbocycles. The van der Waals surface area contributed by atoms with Gasteiger partial charge in [0.15, 0.2) is 0 Å². The number of nitrogens with two attached hydrogens (primary N) is 1. The summed E-state index contributed by atoms with van der Waals surface area (Å²) in [5.41, 5.74) is 8.05. The number of hydrogen-bond acceptors (Lipinski definition) is 4. The molecule has 2 N–H and O–H groups in total. The van der Waals surface area contributed by atoms with Crippen LogP contribution in [0.2, 0.25) is 0 Å². The van der Waals surface area contributed by atoms with Gasteiger partial charge in [-0.1, -0.05) is 29.8 Å². The fraction of sp³-hybridized carbons (Fsp3) is 0.375. The first kappa shape index (κ1) is 15.3. The van der Waals surface area contributed by atoms with Crippen molar-refractivity contribution in [3.63, 3.8) is 0 Å². The van der Waals surface area contributed by atoms with Gasteiger partial charge in [-0.2, -0.15) is 5.10 Å². The van der Waals surface area contributed by atoms with E-state index in [1.165, 1.54) is 7.11 Å². The third kappa shape index (κ3) is 2.97. The highest BCUT2D eigenvalue weighted by Crippen LogP contribution is 2.29. The first-order valence-electron chi connectivity index (χ1n) is 6.85. The number of aromatic nitrogens is 2. The van der Waals surface area contributed by atoms with Crippen molar-refractivity contribution in [1.29, 1.82) is 0 Å². The Morgan fingerprint density at radius 2 is 2.05 bits per heavy atom. The Morgan fingerprint density at radius 3 is 2.52 bits per heavy atom. The number of methoxy groups -OCH3 is 1. The molecule has 1 atom stereocenters. The maximum atomic E-state index is 12.4. The van der Waals surface area contributed by atoms with Crippen LogP contribution >= 0.6 is 0 Å². The fourth-order valence-corrected chi connectivity index (χ4v) is 2.55. The van der Waals surface area contributed by atoms with E-state index in [-0.39, 0.29) is 12.5 Å². The minimum Gasteiger partial charge on any atom is -0.468 e. The van der Waals surface area contributed by atoms with Gasteiger partial charge in [-0.25, -0.2) is 0 Å². The predicted molar refractivity (Wildman–Crippen MR) is 80.8 cm³/mol. The van der Waals surface area contributed by atoms with E-state index in [2.05, 4.69) is 5.10 Å². The Labute approximate surface area is 124 Å². The van der Waals surface area contributed by atoms with Gasteiger partial charge in [-0.15, -0.1) is 0 Å². The van der Waals surface area contributed by atoms with Crippen molar-refractivity contribution in [2.75, 3.05) is 13.7 Å². The van der Waals surface area contributed by atoms with Crippen LogP contribution in [0.1, 0.15) is 16.7 Å². The number of esters is 1. The molecule has 0 fully saturated rings. The van der Waals surface area contributed by atoms with Crippen molar-refractivity contribution in [2.45, 2.75) is 18.8 Å². The monoisotopic (exact) mass is 287 g/mol. The normalized spacial score (nSPS) is 13.7. The first-order valence-corrected chi connectivity index (χ1v) is 6.85. The molecule has 0 bridgehead atoms. The molecule has 0 spiro atoms. The number of rotatable bonds is 5. The van der Waals surface area contributed by atoms with Gasteiger partial charge in [0.1, 0.15) is 5.41 Å². The minimum atomic E-state index is -0.883. The highest BCUT2D eigenvalue weighted by molar-refractivity contribution is 5.84. The van der Waals surface area contributed by atoms with Crippen molar-refractivity contribution in [2.24, 2.45) is 12.8 Å². The van der Waals surface area contributed by atoms with Crippen LogP contribution in [-0.4, -0.2) is 29.4 Å². The van der Waals surface area contributed by atoms with Gasteiger partial charge in [-0.05, 0) is 24.5 Å². The lowest BCUT2D eigenvalue weighted by Gasteiger charge is -2.30. The Kier molecular flexibility index (Phi) is 4.43. The molecule has 1 aromatic heterocycles. The molecule has 2 rings (SSSR count). The molecule has 1 unspecified atom stereocenters. The highest BCUT2D eigenvalue weighted by atomic mass is 16.5. The zero-order valence-corrected chi connectivity index (χ0v) is 12.7. The molecular formula is C16H21N3O2. The Balaban J connectivity index is 2.47. The molecule has 0 amide bonds. The molecule has 0 saturated heterocycles. The van der Waals surface area contributed by atoms with Crippen LogP contribution in [-0.2, 0) is 28.4 Å². The minimum absolute atomic E-state index is 0.178. The van der Waals surface area contributed by atoms with E-state index >= 15 is 0 Å². The Hall–Kier alpha value is -2.14. The number of hydrogen-bond donors (Lipinski definition) is 1. The summed E-state index contributed by atoms with van der Waals surface area (Å²) >= 11 is 0. The summed E-state index contributed by atoms with van der Waals surface area (Å²) in [6.45, 7) is 2.19. The number of carbonyl (C=O) groups is 1. The van der Waals surface area contributed by atoms with E-state index in [1.807, 2.05) is 44.4 Å². The summed E-state index contributed by atoms with van der Waals surface area (Å²) in [6.07, 6.45) is 4.11. The zero-order chi connectivity index (χ0) is 15.5. The van der Waals surface area contributed by atoms with E-state index < -0.39 is 5.41 Å². The number of carbonyl (C=O) groups excluding carboxylic acids is 1. The molecule has 1 aromatic carbocycles. The quantitative estimate of drug-likeness (QED) is 0.843. The molecule has 5 heteroatoms. The first-order chi connectivity index (χ1) is 10.0.